The van der Waals surface area contributed by atoms with E-state index in [4.69, 9.17) is 14.8 Å². The lowest BCUT2D eigenvalue weighted by molar-refractivity contribution is 0.122. The minimum absolute atomic E-state index is 0.00300. The molecule has 4 aromatic rings. The molecule has 32 heavy (non-hydrogen) atoms. The number of nitrogens with one attached hydrogen (secondary N) is 1. The fraction of sp³-hybridized carbons (Fsp3) is 0.348. The number of aryl methyl sites for hydroxylation is 2. The van der Waals surface area contributed by atoms with Crippen molar-refractivity contribution < 1.29 is 9.13 Å². The summed E-state index contributed by atoms with van der Waals surface area (Å²) in [6.45, 7) is 7.01. The van der Waals surface area contributed by atoms with E-state index >= 15 is 0 Å². The van der Waals surface area contributed by atoms with Crippen LogP contribution in [-0.2, 0) is 11.8 Å². The van der Waals surface area contributed by atoms with Crippen LogP contribution in [0.3, 0.4) is 0 Å². The number of halogens is 1. The van der Waals surface area contributed by atoms with Crippen LogP contribution in [-0.4, -0.2) is 50.5 Å². The summed E-state index contributed by atoms with van der Waals surface area (Å²) in [4.78, 5) is 11.6. The number of fused-ring (bicyclic) bond motifs is 1. The highest BCUT2D eigenvalue weighted by atomic mass is 19.1. The first-order valence-electron chi connectivity index (χ1n) is 10.7. The molecule has 1 saturated heterocycles. The molecule has 3 aromatic heterocycles. The Morgan fingerprint density at radius 3 is 2.56 bits per heavy atom. The molecule has 166 valence electrons. The third-order valence-electron chi connectivity index (χ3n) is 5.89. The Hall–Kier alpha value is -3.46. The highest BCUT2D eigenvalue weighted by Crippen LogP contribution is 2.33. The van der Waals surface area contributed by atoms with Crippen LogP contribution in [0.15, 0.2) is 42.9 Å². The Kier molecular flexibility index (Phi) is 5.26. The standard InChI is InChI=1S/C23H26FN7O/c1-15(17-4-6-18(24)7-5-17)22-16(2)28-31-21(30-8-10-32-11-9-30)12-19(27-23(22)31)26-20-13-29(3)14-25-20/h4-7,12-15H,8-11H2,1-3H3,(H,26,27)/t15-/m0/s1. The number of morpholine rings is 1. The second-order valence-electron chi connectivity index (χ2n) is 8.16. The minimum atomic E-state index is -0.243. The number of imidazole rings is 1. The van der Waals surface area contributed by atoms with Crippen molar-refractivity contribution in [2.75, 3.05) is 36.5 Å². The lowest BCUT2D eigenvalue weighted by Gasteiger charge is -2.29. The monoisotopic (exact) mass is 435 g/mol. The molecule has 0 bridgehead atoms. The fourth-order valence-corrected chi connectivity index (χ4v) is 4.24. The molecule has 0 radical (unpaired) electrons. The van der Waals surface area contributed by atoms with Gasteiger partial charge in [0, 0.05) is 43.9 Å². The third kappa shape index (κ3) is 3.80. The third-order valence-corrected chi connectivity index (χ3v) is 5.89. The number of rotatable bonds is 5. The molecule has 0 unspecified atom stereocenters. The van der Waals surface area contributed by atoms with Crippen LogP contribution in [0.1, 0.15) is 29.7 Å². The van der Waals surface area contributed by atoms with Gasteiger partial charge in [0.05, 0.1) is 25.2 Å². The molecule has 9 heteroatoms. The van der Waals surface area contributed by atoms with Crippen molar-refractivity contribution in [3.05, 3.63) is 65.5 Å². The number of nitrogens with zero attached hydrogens (tertiary/aromatic N) is 6. The topological polar surface area (TPSA) is 72.5 Å². The molecule has 5 rings (SSSR count). The quantitative estimate of drug-likeness (QED) is 0.516. The number of hydrogen-bond acceptors (Lipinski definition) is 6. The van der Waals surface area contributed by atoms with Gasteiger partial charge in [-0.15, -0.1) is 0 Å². The van der Waals surface area contributed by atoms with Crippen molar-refractivity contribution in [2.24, 2.45) is 7.05 Å². The Morgan fingerprint density at radius 2 is 1.88 bits per heavy atom. The predicted molar refractivity (Wildman–Crippen MR) is 121 cm³/mol. The number of anilines is 3. The van der Waals surface area contributed by atoms with Crippen LogP contribution >= 0.6 is 0 Å². The maximum Gasteiger partial charge on any atom is 0.163 e. The van der Waals surface area contributed by atoms with Crippen molar-refractivity contribution >= 4 is 23.1 Å². The molecule has 1 atom stereocenters. The summed E-state index contributed by atoms with van der Waals surface area (Å²) < 4.78 is 22.8. The minimum Gasteiger partial charge on any atom is -0.378 e. The summed E-state index contributed by atoms with van der Waals surface area (Å²) in [5, 5.41) is 8.18. The van der Waals surface area contributed by atoms with Gasteiger partial charge in [0.15, 0.2) is 5.65 Å². The molecular formula is C23H26FN7O. The van der Waals surface area contributed by atoms with Gasteiger partial charge < -0.3 is 19.5 Å². The molecule has 4 heterocycles. The van der Waals surface area contributed by atoms with E-state index in [0.29, 0.717) is 19.0 Å². The van der Waals surface area contributed by atoms with Gasteiger partial charge >= 0.3 is 0 Å². The Morgan fingerprint density at radius 1 is 1.12 bits per heavy atom. The van der Waals surface area contributed by atoms with E-state index in [2.05, 4.69) is 22.1 Å². The molecule has 1 aliphatic heterocycles. The first kappa shape index (κ1) is 20.4. The fourth-order valence-electron chi connectivity index (χ4n) is 4.24. The van der Waals surface area contributed by atoms with Crippen LogP contribution < -0.4 is 10.2 Å². The van der Waals surface area contributed by atoms with Gasteiger partial charge in [0.25, 0.3) is 0 Å². The molecule has 1 aliphatic rings. The van der Waals surface area contributed by atoms with Crippen molar-refractivity contribution in [3.8, 4) is 0 Å². The molecule has 0 amide bonds. The zero-order valence-electron chi connectivity index (χ0n) is 18.4. The summed E-state index contributed by atoms with van der Waals surface area (Å²) in [6.07, 6.45) is 3.65. The Balaban J connectivity index is 1.64. The van der Waals surface area contributed by atoms with Crippen LogP contribution in [0, 0.1) is 12.7 Å². The van der Waals surface area contributed by atoms with Crippen molar-refractivity contribution in [3.63, 3.8) is 0 Å². The summed E-state index contributed by atoms with van der Waals surface area (Å²) >= 11 is 0. The van der Waals surface area contributed by atoms with E-state index in [1.807, 2.05) is 47.4 Å². The first-order chi connectivity index (χ1) is 15.5. The maximum atomic E-state index is 13.5. The van der Waals surface area contributed by atoms with Gasteiger partial charge in [-0.1, -0.05) is 19.1 Å². The Labute approximate surface area is 185 Å². The van der Waals surface area contributed by atoms with E-state index in [9.17, 15) is 4.39 Å². The zero-order valence-corrected chi connectivity index (χ0v) is 18.4. The highest BCUT2D eigenvalue weighted by molar-refractivity contribution is 5.66. The zero-order chi connectivity index (χ0) is 22.2. The van der Waals surface area contributed by atoms with E-state index in [-0.39, 0.29) is 11.7 Å². The smallest absolute Gasteiger partial charge is 0.163 e. The second kappa shape index (κ2) is 8.23. The average molecular weight is 436 g/mol. The largest absolute Gasteiger partial charge is 0.378 e. The second-order valence-corrected chi connectivity index (χ2v) is 8.16. The van der Waals surface area contributed by atoms with Crippen LogP contribution in [0.4, 0.5) is 21.8 Å². The molecule has 0 aliphatic carbocycles. The molecular weight excluding hydrogens is 409 g/mol. The number of ether oxygens (including phenoxy) is 1. The van der Waals surface area contributed by atoms with Gasteiger partial charge in [0.2, 0.25) is 0 Å². The molecule has 1 fully saturated rings. The molecule has 1 aromatic carbocycles. The SMILES string of the molecule is Cc1nn2c(N3CCOCC3)cc(Nc3cn(C)cn3)nc2c1[C@@H](C)c1ccc(F)cc1. The number of hydrogen-bond donors (Lipinski definition) is 1. The van der Waals surface area contributed by atoms with Gasteiger partial charge in [-0.25, -0.2) is 14.4 Å². The van der Waals surface area contributed by atoms with Gasteiger partial charge in [0.1, 0.15) is 23.3 Å². The summed E-state index contributed by atoms with van der Waals surface area (Å²) in [5.41, 5.74) is 3.72. The normalized spacial score (nSPS) is 15.3. The van der Waals surface area contributed by atoms with E-state index in [0.717, 1.165) is 47.2 Å². The molecule has 1 N–H and O–H groups in total. The highest BCUT2D eigenvalue weighted by Gasteiger charge is 2.24. The van der Waals surface area contributed by atoms with Crippen LogP contribution in [0.2, 0.25) is 0 Å². The van der Waals surface area contributed by atoms with Gasteiger partial charge in [-0.05, 0) is 24.6 Å². The summed E-state index contributed by atoms with van der Waals surface area (Å²) in [6, 6.07) is 8.64. The van der Waals surface area contributed by atoms with Crippen molar-refractivity contribution in [1.82, 2.24) is 24.1 Å². The summed E-state index contributed by atoms with van der Waals surface area (Å²) in [5.74, 6) is 2.14. The van der Waals surface area contributed by atoms with Gasteiger partial charge in [-0.3, -0.25) is 0 Å². The van der Waals surface area contributed by atoms with Crippen molar-refractivity contribution in [2.45, 2.75) is 19.8 Å². The predicted octanol–water partition coefficient (Wildman–Crippen LogP) is 3.64. The van der Waals surface area contributed by atoms with E-state index < -0.39 is 0 Å². The van der Waals surface area contributed by atoms with Gasteiger partial charge in [-0.2, -0.15) is 9.61 Å². The van der Waals surface area contributed by atoms with Crippen LogP contribution in [0.5, 0.6) is 0 Å². The van der Waals surface area contributed by atoms with E-state index in [1.54, 1.807) is 6.33 Å². The molecule has 0 spiro atoms. The lowest BCUT2D eigenvalue weighted by atomic mass is 9.93. The van der Waals surface area contributed by atoms with Crippen molar-refractivity contribution in [1.29, 1.82) is 0 Å². The number of benzene rings is 1. The maximum absolute atomic E-state index is 13.5. The number of aromatic nitrogens is 5. The van der Waals surface area contributed by atoms with E-state index in [1.165, 1.54) is 12.1 Å². The summed E-state index contributed by atoms with van der Waals surface area (Å²) in [7, 11) is 1.93. The lowest BCUT2D eigenvalue weighted by Crippen LogP contribution is -2.37. The van der Waals surface area contributed by atoms with Crippen LogP contribution in [0.25, 0.3) is 5.65 Å². The molecule has 8 nitrogen and oxygen atoms in total. The average Bonchev–Trinajstić information content (AvgIpc) is 3.35. The first-order valence-corrected chi connectivity index (χ1v) is 10.7. The Bertz CT molecular complexity index is 1240. The molecule has 0 saturated carbocycles.